The molecular weight excluding hydrogens is 267 g/mol. The van der Waals surface area contributed by atoms with Gasteiger partial charge in [-0.1, -0.05) is 0 Å². The van der Waals surface area contributed by atoms with Crippen molar-refractivity contribution in [3.8, 4) is 0 Å². The quantitative estimate of drug-likeness (QED) is 0.302. The fourth-order valence-electron chi connectivity index (χ4n) is 0.694. The Morgan fingerprint density at radius 1 is 0.944 bits per heavy atom. The Balaban J connectivity index is -0.000000392. The van der Waals surface area contributed by atoms with Crippen LogP contribution in [0.5, 0.6) is 0 Å². The number of rotatable bonds is 5. The summed E-state index contributed by atoms with van der Waals surface area (Å²) < 4.78 is 0. The Kier molecular flexibility index (Phi) is 13.1. The average molecular weight is 276 g/mol. The van der Waals surface area contributed by atoms with Crippen LogP contribution in [-0.4, -0.2) is 55.7 Å². The molecule has 0 radical (unpaired) electrons. The first-order valence-corrected chi connectivity index (χ1v) is 3.85. The minimum atomic E-state index is -2.20. The molecule has 0 saturated carbocycles. The van der Waals surface area contributed by atoms with Crippen molar-refractivity contribution in [3.05, 3.63) is 0 Å². The SMILES string of the molecule is O=C(O)CC(C(=O)O)C(O)C(=O)O.O=C([O-])O.[Na+]. The van der Waals surface area contributed by atoms with E-state index in [1.165, 1.54) is 0 Å². The van der Waals surface area contributed by atoms with E-state index < -0.39 is 42.5 Å². The molecule has 11 heteroatoms. The summed E-state index contributed by atoms with van der Waals surface area (Å²) in [5.41, 5.74) is 0. The first-order chi connectivity index (χ1) is 7.59. The molecule has 2 atom stereocenters. The molecule has 0 aliphatic carbocycles. The number of carbonyl (C=O) groups is 4. The summed E-state index contributed by atoms with van der Waals surface area (Å²) in [6.07, 6.45) is -5.21. The molecule has 0 fully saturated rings. The molecule has 0 saturated heterocycles. The monoisotopic (exact) mass is 276 g/mol. The van der Waals surface area contributed by atoms with Crippen molar-refractivity contribution in [2.24, 2.45) is 5.92 Å². The molecular formula is C7H9NaO10. The number of aliphatic hydroxyl groups excluding tert-OH is 1. The van der Waals surface area contributed by atoms with Gasteiger partial charge in [-0.2, -0.15) is 0 Å². The van der Waals surface area contributed by atoms with Gasteiger partial charge in [-0.25, -0.2) is 4.79 Å². The second-order valence-corrected chi connectivity index (χ2v) is 2.59. The molecule has 0 aromatic heterocycles. The first kappa shape index (κ1) is 21.9. The first-order valence-electron chi connectivity index (χ1n) is 3.85. The summed E-state index contributed by atoms with van der Waals surface area (Å²) in [7, 11) is 0. The predicted octanol–water partition coefficient (Wildman–Crippen LogP) is -5.50. The van der Waals surface area contributed by atoms with Crippen LogP contribution in [0.2, 0.25) is 0 Å². The van der Waals surface area contributed by atoms with Gasteiger partial charge in [-0.3, -0.25) is 9.59 Å². The van der Waals surface area contributed by atoms with Crippen LogP contribution < -0.4 is 34.7 Å². The smallest absolute Gasteiger partial charge is 0.565 e. The second-order valence-electron chi connectivity index (χ2n) is 2.59. The minimum absolute atomic E-state index is 0. The van der Waals surface area contributed by atoms with Crippen LogP contribution in [-0.2, 0) is 14.4 Å². The molecule has 0 bridgehead atoms. The molecule has 0 heterocycles. The largest absolute Gasteiger partial charge is 1.00 e. The standard InChI is InChI=1S/C6H8O7.CH2O3.Na/c7-3(8)1-2(5(10)11)4(9)6(12)13;2-1(3)4;/h2,4,9H,1H2,(H,7,8)(H,10,11)(H,12,13);(H2,2,3,4);/q;;+1/p-1. The zero-order valence-electron chi connectivity index (χ0n) is 9.14. The van der Waals surface area contributed by atoms with Crippen LogP contribution in [0.4, 0.5) is 4.79 Å². The van der Waals surface area contributed by atoms with Crippen LogP contribution in [0.15, 0.2) is 0 Å². The molecule has 18 heavy (non-hydrogen) atoms. The normalized spacial score (nSPS) is 11.8. The average Bonchev–Trinajstić information content (AvgIpc) is 2.11. The topological polar surface area (TPSA) is 192 Å². The van der Waals surface area contributed by atoms with Crippen molar-refractivity contribution >= 4 is 24.1 Å². The number of aliphatic carboxylic acids is 3. The van der Waals surface area contributed by atoms with Crippen molar-refractivity contribution in [3.63, 3.8) is 0 Å². The molecule has 0 aliphatic heterocycles. The van der Waals surface area contributed by atoms with E-state index in [1.54, 1.807) is 0 Å². The maximum absolute atomic E-state index is 10.3. The van der Waals surface area contributed by atoms with Crippen LogP contribution >= 0.6 is 0 Å². The summed E-state index contributed by atoms with van der Waals surface area (Å²) in [5.74, 6) is -6.71. The molecule has 0 spiro atoms. The van der Waals surface area contributed by atoms with E-state index in [1.807, 2.05) is 0 Å². The molecule has 0 aromatic carbocycles. The van der Waals surface area contributed by atoms with Crippen molar-refractivity contribution < 1.29 is 79.4 Å². The molecule has 0 aliphatic rings. The van der Waals surface area contributed by atoms with Crippen LogP contribution in [0.25, 0.3) is 0 Å². The van der Waals surface area contributed by atoms with Gasteiger partial charge in [0.25, 0.3) is 0 Å². The number of hydrogen-bond donors (Lipinski definition) is 5. The Labute approximate surface area is 122 Å². The summed E-state index contributed by atoms with van der Waals surface area (Å²) >= 11 is 0. The molecule has 0 aromatic rings. The third-order valence-electron chi connectivity index (χ3n) is 1.35. The van der Waals surface area contributed by atoms with Gasteiger partial charge < -0.3 is 35.4 Å². The van der Waals surface area contributed by atoms with Gasteiger partial charge in [0.2, 0.25) is 6.16 Å². The van der Waals surface area contributed by atoms with E-state index in [2.05, 4.69) is 0 Å². The van der Waals surface area contributed by atoms with E-state index in [4.69, 9.17) is 35.4 Å². The zero-order valence-corrected chi connectivity index (χ0v) is 11.1. The maximum Gasteiger partial charge on any atom is 1.00 e. The van der Waals surface area contributed by atoms with E-state index in [0.717, 1.165) is 0 Å². The van der Waals surface area contributed by atoms with Crippen molar-refractivity contribution in [2.75, 3.05) is 0 Å². The van der Waals surface area contributed by atoms with Gasteiger partial charge in [-0.15, -0.1) is 0 Å². The van der Waals surface area contributed by atoms with Gasteiger partial charge in [0.05, 0.1) is 6.42 Å². The maximum atomic E-state index is 10.3. The predicted molar refractivity (Wildman–Crippen MR) is 45.0 cm³/mol. The fraction of sp³-hybridized carbons (Fsp3) is 0.429. The number of hydrogen-bond acceptors (Lipinski definition) is 6. The van der Waals surface area contributed by atoms with Gasteiger partial charge in [0.15, 0.2) is 6.10 Å². The van der Waals surface area contributed by atoms with E-state index >= 15 is 0 Å². The fourth-order valence-corrected chi connectivity index (χ4v) is 0.694. The van der Waals surface area contributed by atoms with Crippen LogP contribution in [0.1, 0.15) is 6.42 Å². The number of aliphatic hydroxyl groups is 1. The molecule has 2 unspecified atom stereocenters. The van der Waals surface area contributed by atoms with Crippen molar-refractivity contribution in [1.29, 1.82) is 0 Å². The molecule has 0 amide bonds. The van der Waals surface area contributed by atoms with Gasteiger partial charge in [0, 0.05) is 0 Å². The number of carboxylic acid groups (broad SMARTS) is 5. The second kappa shape index (κ2) is 10.8. The third kappa shape index (κ3) is 12.7. The summed E-state index contributed by atoms with van der Waals surface area (Å²) in [4.78, 5) is 38.9. The Morgan fingerprint density at radius 2 is 1.28 bits per heavy atom. The zero-order chi connectivity index (χ0) is 14.2. The van der Waals surface area contributed by atoms with Crippen molar-refractivity contribution in [2.45, 2.75) is 12.5 Å². The summed E-state index contributed by atoms with van der Waals surface area (Å²) in [5, 5.41) is 48.8. The van der Waals surface area contributed by atoms with E-state index in [-0.39, 0.29) is 29.6 Å². The Hall–Kier alpha value is -1.36. The van der Waals surface area contributed by atoms with Crippen LogP contribution in [0.3, 0.4) is 0 Å². The molecule has 98 valence electrons. The van der Waals surface area contributed by atoms with E-state index in [0.29, 0.717) is 0 Å². The Morgan fingerprint density at radius 3 is 1.44 bits per heavy atom. The molecule has 0 rings (SSSR count). The van der Waals surface area contributed by atoms with Crippen LogP contribution in [0, 0.1) is 5.92 Å². The van der Waals surface area contributed by atoms with Crippen molar-refractivity contribution in [1.82, 2.24) is 0 Å². The molecule has 10 nitrogen and oxygen atoms in total. The van der Waals surface area contributed by atoms with Gasteiger partial charge in [-0.05, 0) is 0 Å². The van der Waals surface area contributed by atoms with Gasteiger partial charge in [0.1, 0.15) is 5.92 Å². The number of carboxylic acids is 3. The minimum Gasteiger partial charge on any atom is -0.565 e. The van der Waals surface area contributed by atoms with Gasteiger partial charge >= 0.3 is 47.5 Å². The third-order valence-corrected chi connectivity index (χ3v) is 1.35. The Bertz CT molecular complexity index is 309. The summed E-state index contributed by atoms with van der Waals surface area (Å²) in [6.45, 7) is 0. The molecule has 5 N–H and O–H groups in total. The van der Waals surface area contributed by atoms with E-state index in [9.17, 15) is 14.4 Å². The summed E-state index contributed by atoms with van der Waals surface area (Å²) in [6, 6.07) is 0.